The van der Waals surface area contributed by atoms with E-state index in [2.05, 4.69) is 10.6 Å². The van der Waals surface area contributed by atoms with Gasteiger partial charge in [0.2, 0.25) is 11.8 Å². The van der Waals surface area contributed by atoms with Gasteiger partial charge in [-0.25, -0.2) is 0 Å². The first-order chi connectivity index (χ1) is 6.77. The zero-order valence-electron chi connectivity index (χ0n) is 8.08. The van der Waals surface area contributed by atoms with Crippen LogP contribution < -0.4 is 10.6 Å². The summed E-state index contributed by atoms with van der Waals surface area (Å²) in [5.74, 6) is 0.168. The van der Waals surface area contributed by atoms with Gasteiger partial charge in [-0.3, -0.25) is 9.59 Å². The highest BCUT2D eigenvalue weighted by atomic mass is 16.2. The minimum atomic E-state index is -0.0458. The van der Waals surface area contributed by atoms with E-state index in [-0.39, 0.29) is 24.3 Å². The molecular weight excluding hydrogens is 182 g/mol. The summed E-state index contributed by atoms with van der Waals surface area (Å²) >= 11 is 0. The van der Waals surface area contributed by atoms with E-state index in [1.807, 2.05) is 0 Å². The van der Waals surface area contributed by atoms with Gasteiger partial charge >= 0.3 is 0 Å². The van der Waals surface area contributed by atoms with Crippen molar-refractivity contribution in [3.8, 4) is 0 Å². The summed E-state index contributed by atoms with van der Waals surface area (Å²) in [6, 6.07) is 0. The second-order valence-electron chi connectivity index (χ2n) is 3.80. The van der Waals surface area contributed by atoms with Crippen LogP contribution in [0.5, 0.6) is 0 Å². The smallest absolute Gasteiger partial charge is 0.239 e. The number of hydrogen-bond acceptors (Lipinski definition) is 3. The highest BCUT2D eigenvalue weighted by Gasteiger charge is 2.29. The molecule has 0 bridgehead atoms. The molecule has 2 heterocycles. The van der Waals surface area contributed by atoms with Gasteiger partial charge in [0, 0.05) is 19.6 Å². The average molecular weight is 197 g/mol. The highest BCUT2D eigenvalue weighted by molar-refractivity contribution is 5.87. The molecule has 0 aliphatic carbocycles. The molecule has 0 aromatic heterocycles. The Bertz CT molecular complexity index is 248. The summed E-state index contributed by atoms with van der Waals surface area (Å²) in [4.78, 5) is 24.6. The molecule has 0 saturated carbocycles. The summed E-state index contributed by atoms with van der Waals surface area (Å²) in [6.45, 7) is 3.15. The first kappa shape index (κ1) is 9.45. The molecule has 2 aliphatic heterocycles. The molecule has 14 heavy (non-hydrogen) atoms. The molecule has 0 aromatic carbocycles. The molecule has 2 aliphatic rings. The topological polar surface area (TPSA) is 61.4 Å². The van der Waals surface area contributed by atoms with Crippen LogP contribution in [0.25, 0.3) is 0 Å². The lowest BCUT2D eigenvalue weighted by Gasteiger charge is -2.28. The van der Waals surface area contributed by atoms with Gasteiger partial charge in [-0.1, -0.05) is 0 Å². The molecule has 1 atom stereocenters. The van der Waals surface area contributed by atoms with Crippen molar-refractivity contribution in [2.45, 2.75) is 6.42 Å². The third kappa shape index (κ3) is 1.87. The maximum Gasteiger partial charge on any atom is 0.239 e. The number of nitrogens with zero attached hydrogens (tertiary/aromatic N) is 1. The van der Waals surface area contributed by atoms with Crippen LogP contribution in [0.1, 0.15) is 6.42 Å². The minimum absolute atomic E-state index is 0.0458. The van der Waals surface area contributed by atoms with Crippen molar-refractivity contribution in [3.63, 3.8) is 0 Å². The van der Waals surface area contributed by atoms with Crippen LogP contribution in [0.3, 0.4) is 0 Å². The van der Waals surface area contributed by atoms with Crippen molar-refractivity contribution in [3.05, 3.63) is 0 Å². The summed E-state index contributed by atoms with van der Waals surface area (Å²) in [7, 11) is 0. The molecule has 5 nitrogen and oxygen atoms in total. The number of amides is 2. The number of hydrogen-bond donors (Lipinski definition) is 2. The molecule has 2 rings (SSSR count). The van der Waals surface area contributed by atoms with Gasteiger partial charge in [-0.2, -0.15) is 0 Å². The number of carbonyl (C=O) groups is 2. The van der Waals surface area contributed by atoms with E-state index in [9.17, 15) is 9.59 Å². The number of carbonyl (C=O) groups excluding carboxylic acids is 2. The number of piperazine rings is 1. The predicted molar refractivity (Wildman–Crippen MR) is 50.6 cm³/mol. The van der Waals surface area contributed by atoms with Crippen molar-refractivity contribution >= 4 is 11.8 Å². The van der Waals surface area contributed by atoms with Gasteiger partial charge in [-0.05, 0) is 13.0 Å². The average Bonchev–Trinajstić information content (AvgIpc) is 2.69. The van der Waals surface area contributed by atoms with Gasteiger partial charge in [0.15, 0.2) is 0 Å². The van der Waals surface area contributed by atoms with E-state index >= 15 is 0 Å². The first-order valence-electron chi connectivity index (χ1n) is 5.03. The van der Waals surface area contributed by atoms with E-state index < -0.39 is 0 Å². The highest BCUT2D eigenvalue weighted by Crippen LogP contribution is 2.12. The zero-order chi connectivity index (χ0) is 9.97. The Labute approximate surface area is 82.8 Å². The SMILES string of the molecule is O=C1CN(C(=O)[C@@H]2CCNC2)CCN1. The maximum atomic E-state index is 11.9. The van der Waals surface area contributed by atoms with Crippen LogP contribution in [0.4, 0.5) is 0 Å². The van der Waals surface area contributed by atoms with E-state index in [0.29, 0.717) is 13.1 Å². The van der Waals surface area contributed by atoms with Gasteiger partial charge in [0.1, 0.15) is 0 Å². The van der Waals surface area contributed by atoms with E-state index in [4.69, 9.17) is 0 Å². The lowest BCUT2D eigenvalue weighted by Crippen LogP contribution is -2.51. The van der Waals surface area contributed by atoms with Gasteiger partial charge in [-0.15, -0.1) is 0 Å². The third-order valence-corrected chi connectivity index (χ3v) is 2.76. The first-order valence-corrected chi connectivity index (χ1v) is 5.03. The summed E-state index contributed by atoms with van der Waals surface area (Å²) in [5, 5.41) is 5.86. The Morgan fingerprint density at radius 2 is 2.29 bits per heavy atom. The summed E-state index contributed by atoms with van der Waals surface area (Å²) in [6.07, 6.45) is 0.900. The number of nitrogens with one attached hydrogen (secondary N) is 2. The fourth-order valence-corrected chi connectivity index (χ4v) is 1.95. The summed E-state index contributed by atoms with van der Waals surface area (Å²) < 4.78 is 0. The van der Waals surface area contributed by atoms with Crippen molar-refractivity contribution in [1.82, 2.24) is 15.5 Å². The largest absolute Gasteiger partial charge is 0.353 e. The lowest BCUT2D eigenvalue weighted by molar-refractivity contribution is -0.140. The molecule has 2 saturated heterocycles. The second-order valence-corrected chi connectivity index (χ2v) is 3.80. The Morgan fingerprint density at radius 3 is 2.93 bits per heavy atom. The molecule has 78 valence electrons. The molecule has 2 fully saturated rings. The van der Waals surface area contributed by atoms with Gasteiger partial charge in [0.05, 0.1) is 12.5 Å². The Hall–Kier alpha value is -1.10. The van der Waals surface area contributed by atoms with Crippen LogP contribution >= 0.6 is 0 Å². The molecule has 2 amide bonds. The van der Waals surface area contributed by atoms with Crippen LogP contribution in [-0.2, 0) is 9.59 Å². The third-order valence-electron chi connectivity index (χ3n) is 2.76. The minimum Gasteiger partial charge on any atom is -0.353 e. The van der Waals surface area contributed by atoms with Crippen molar-refractivity contribution in [1.29, 1.82) is 0 Å². The standard InChI is InChI=1S/C9H15N3O2/c13-8-6-12(4-3-11-8)9(14)7-1-2-10-5-7/h7,10H,1-6H2,(H,11,13)/t7-/m1/s1. The fraction of sp³-hybridized carbons (Fsp3) is 0.778. The fourth-order valence-electron chi connectivity index (χ4n) is 1.95. The summed E-state index contributed by atoms with van der Waals surface area (Å²) in [5.41, 5.74) is 0. The molecule has 5 heteroatoms. The Balaban J connectivity index is 1.92. The monoisotopic (exact) mass is 197 g/mol. The van der Waals surface area contributed by atoms with Gasteiger partial charge in [0.25, 0.3) is 0 Å². The van der Waals surface area contributed by atoms with Crippen molar-refractivity contribution in [2.75, 3.05) is 32.7 Å². The zero-order valence-corrected chi connectivity index (χ0v) is 8.08. The van der Waals surface area contributed by atoms with Crippen molar-refractivity contribution in [2.24, 2.45) is 5.92 Å². The van der Waals surface area contributed by atoms with E-state index in [1.165, 1.54) is 0 Å². The Kier molecular flexibility index (Phi) is 2.67. The lowest BCUT2D eigenvalue weighted by atomic mass is 10.1. The van der Waals surface area contributed by atoms with E-state index in [1.54, 1.807) is 4.90 Å². The quantitative estimate of drug-likeness (QED) is 0.541. The van der Waals surface area contributed by atoms with Crippen LogP contribution in [0, 0.1) is 5.92 Å². The van der Waals surface area contributed by atoms with Gasteiger partial charge < -0.3 is 15.5 Å². The van der Waals surface area contributed by atoms with Crippen LogP contribution in [-0.4, -0.2) is 49.4 Å². The predicted octanol–water partition coefficient (Wildman–Crippen LogP) is -1.45. The molecular formula is C9H15N3O2. The van der Waals surface area contributed by atoms with E-state index in [0.717, 1.165) is 19.5 Å². The van der Waals surface area contributed by atoms with Crippen LogP contribution in [0.15, 0.2) is 0 Å². The normalized spacial score (nSPS) is 27.6. The molecule has 0 aromatic rings. The molecule has 0 radical (unpaired) electrons. The molecule has 0 spiro atoms. The van der Waals surface area contributed by atoms with Crippen molar-refractivity contribution < 1.29 is 9.59 Å². The maximum absolute atomic E-state index is 11.9. The number of rotatable bonds is 1. The molecule has 0 unspecified atom stereocenters. The Morgan fingerprint density at radius 1 is 1.43 bits per heavy atom. The molecule has 2 N–H and O–H groups in total. The second kappa shape index (κ2) is 3.96. The van der Waals surface area contributed by atoms with Crippen LogP contribution in [0.2, 0.25) is 0 Å².